The number of hydrogen-bond acceptors (Lipinski definition) is 4. The van der Waals surface area contributed by atoms with Crippen LogP contribution < -0.4 is 4.90 Å². The lowest BCUT2D eigenvalue weighted by atomic mass is 10.2. The first kappa shape index (κ1) is 12.5. The van der Waals surface area contributed by atoms with E-state index in [4.69, 9.17) is 16.9 Å². The van der Waals surface area contributed by atoms with Crippen molar-refractivity contribution in [3.63, 3.8) is 0 Å². The van der Waals surface area contributed by atoms with Crippen molar-refractivity contribution in [3.8, 4) is 6.07 Å². The first-order valence-corrected chi connectivity index (χ1v) is 7.00. The molecule has 2 atom stereocenters. The van der Waals surface area contributed by atoms with E-state index >= 15 is 0 Å². The van der Waals surface area contributed by atoms with E-state index in [0.717, 1.165) is 18.1 Å². The molecule has 2 rings (SSSR count). The molecule has 2 heterocycles. The van der Waals surface area contributed by atoms with Gasteiger partial charge in [-0.05, 0) is 13.0 Å². The van der Waals surface area contributed by atoms with E-state index in [2.05, 4.69) is 29.8 Å². The average Bonchev–Trinajstić information content (AvgIpc) is 2.33. The predicted octanol–water partition coefficient (Wildman–Crippen LogP) is 2.94. The maximum Gasteiger partial charge on any atom is 0.149 e. The normalized spacial score (nSPS) is 24.5. The molecule has 0 saturated carbocycles. The van der Waals surface area contributed by atoms with Gasteiger partial charge in [-0.3, -0.25) is 0 Å². The second-order valence-electron chi connectivity index (χ2n) is 4.12. The van der Waals surface area contributed by atoms with E-state index in [0.29, 0.717) is 21.9 Å². The fourth-order valence-electron chi connectivity index (χ4n) is 1.95. The minimum Gasteiger partial charge on any atom is -0.351 e. The third-order valence-electron chi connectivity index (χ3n) is 3.15. The molecule has 2 unspecified atom stereocenters. The molecule has 5 heteroatoms. The smallest absolute Gasteiger partial charge is 0.149 e. The van der Waals surface area contributed by atoms with E-state index in [1.54, 1.807) is 12.3 Å². The molecular formula is C12H14ClN3S. The number of hydrogen-bond donors (Lipinski definition) is 0. The van der Waals surface area contributed by atoms with Crippen LogP contribution in [0.2, 0.25) is 5.02 Å². The molecular weight excluding hydrogens is 254 g/mol. The summed E-state index contributed by atoms with van der Waals surface area (Å²) in [6.45, 7) is 5.31. The Morgan fingerprint density at radius 1 is 1.59 bits per heavy atom. The van der Waals surface area contributed by atoms with Gasteiger partial charge in [-0.15, -0.1) is 0 Å². The van der Waals surface area contributed by atoms with Crippen LogP contribution in [0, 0.1) is 11.3 Å². The first-order valence-electron chi connectivity index (χ1n) is 5.58. The number of nitrogens with zero attached hydrogens (tertiary/aromatic N) is 3. The van der Waals surface area contributed by atoms with Gasteiger partial charge < -0.3 is 4.90 Å². The molecule has 1 aromatic heterocycles. The second-order valence-corrected chi connectivity index (χ2v) is 5.98. The van der Waals surface area contributed by atoms with Gasteiger partial charge in [0.2, 0.25) is 0 Å². The van der Waals surface area contributed by atoms with Gasteiger partial charge in [-0.25, -0.2) is 4.98 Å². The summed E-state index contributed by atoms with van der Waals surface area (Å²) in [4.78, 5) is 6.53. The van der Waals surface area contributed by atoms with Crippen molar-refractivity contribution in [1.29, 1.82) is 5.26 Å². The van der Waals surface area contributed by atoms with Crippen molar-refractivity contribution < 1.29 is 0 Å². The second kappa shape index (κ2) is 5.16. The van der Waals surface area contributed by atoms with Crippen molar-refractivity contribution in [2.24, 2.45) is 0 Å². The molecule has 0 aromatic carbocycles. The monoisotopic (exact) mass is 267 g/mol. The lowest BCUT2D eigenvalue weighted by Gasteiger charge is -2.38. The molecule has 0 spiro atoms. The summed E-state index contributed by atoms with van der Waals surface area (Å²) < 4.78 is 0. The highest BCUT2D eigenvalue weighted by Crippen LogP contribution is 2.33. The Hall–Kier alpha value is -0.920. The van der Waals surface area contributed by atoms with E-state index in [9.17, 15) is 0 Å². The Balaban J connectivity index is 2.37. The van der Waals surface area contributed by atoms with Crippen molar-refractivity contribution in [3.05, 3.63) is 22.8 Å². The average molecular weight is 268 g/mol. The molecule has 1 fully saturated rings. The summed E-state index contributed by atoms with van der Waals surface area (Å²) in [5.41, 5.74) is 0.495. The van der Waals surface area contributed by atoms with Crippen LogP contribution in [0.5, 0.6) is 0 Å². The fourth-order valence-corrected chi connectivity index (χ4v) is 3.31. The van der Waals surface area contributed by atoms with Crippen LogP contribution in [0.25, 0.3) is 0 Å². The lowest BCUT2D eigenvalue weighted by molar-refractivity contribution is 0.620. The Bertz CT molecular complexity index is 458. The van der Waals surface area contributed by atoms with Gasteiger partial charge >= 0.3 is 0 Å². The van der Waals surface area contributed by atoms with Crippen LogP contribution in [-0.4, -0.2) is 28.6 Å². The van der Waals surface area contributed by atoms with E-state index < -0.39 is 0 Å². The standard InChI is InChI=1S/C12H14ClN3S/c1-8-9(2)17-6-5-16(8)12-11(13)10(7-14)3-4-15-12/h3-4,8-9H,5-6H2,1-2H3. The van der Waals surface area contributed by atoms with Gasteiger partial charge in [0.15, 0.2) is 0 Å². The molecule has 0 radical (unpaired) electrons. The van der Waals surface area contributed by atoms with Crippen LogP contribution in [0.4, 0.5) is 5.82 Å². The van der Waals surface area contributed by atoms with E-state index in [1.165, 1.54) is 0 Å². The van der Waals surface area contributed by atoms with E-state index in [1.807, 2.05) is 11.8 Å². The first-order chi connectivity index (χ1) is 8.15. The minimum atomic E-state index is 0.382. The SMILES string of the molecule is CC1SCCN(c2nccc(C#N)c2Cl)C1C. The highest BCUT2D eigenvalue weighted by molar-refractivity contribution is 8.00. The molecule has 1 saturated heterocycles. The lowest BCUT2D eigenvalue weighted by Crippen LogP contribution is -2.45. The Morgan fingerprint density at radius 2 is 2.35 bits per heavy atom. The van der Waals surface area contributed by atoms with Crippen molar-refractivity contribution in [2.45, 2.75) is 25.1 Å². The zero-order chi connectivity index (χ0) is 12.4. The molecule has 3 nitrogen and oxygen atoms in total. The van der Waals surface area contributed by atoms with Crippen molar-refractivity contribution in [2.75, 3.05) is 17.2 Å². The number of aromatic nitrogens is 1. The van der Waals surface area contributed by atoms with Gasteiger partial charge in [0.25, 0.3) is 0 Å². The minimum absolute atomic E-state index is 0.382. The molecule has 1 aliphatic heterocycles. The molecule has 1 aromatic rings. The predicted molar refractivity (Wildman–Crippen MR) is 72.7 cm³/mol. The quantitative estimate of drug-likeness (QED) is 0.784. The van der Waals surface area contributed by atoms with Crippen LogP contribution in [0.3, 0.4) is 0 Å². The maximum atomic E-state index is 8.97. The van der Waals surface area contributed by atoms with Gasteiger partial charge in [-0.1, -0.05) is 18.5 Å². The molecule has 1 aliphatic rings. The van der Waals surface area contributed by atoms with Gasteiger partial charge in [0.05, 0.1) is 5.56 Å². The molecule has 17 heavy (non-hydrogen) atoms. The summed E-state index contributed by atoms with van der Waals surface area (Å²) in [6.07, 6.45) is 1.65. The maximum absolute atomic E-state index is 8.97. The number of rotatable bonds is 1. The summed E-state index contributed by atoms with van der Waals surface area (Å²) in [6, 6.07) is 4.13. The van der Waals surface area contributed by atoms with Crippen LogP contribution in [0.1, 0.15) is 19.4 Å². The third-order valence-corrected chi connectivity index (χ3v) is 4.86. The number of halogens is 1. The summed E-state index contributed by atoms with van der Waals surface area (Å²) in [5.74, 6) is 1.81. The zero-order valence-electron chi connectivity index (χ0n) is 9.85. The van der Waals surface area contributed by atoms with Gasteiger partial charge in [-0.2, -0.15) is 17.0 Å². The van der Waals surface area contributed by atoms with Gasteiger partial charge in [0.1, 0.15) is 16.9 Å². The number of nitriles is 1. The topological polar surface area (TPSA) is 39.9 Å². The van der Waals surface area contributed by atoms with Crippen LogP contribution in [0.15, 0.2) is 12.3 Å². The largest absolute Gasteiger partial charge is 0.351 e. The molecule has 0 aliphatic carbocycles. The Kier molecular flexibility index (Phi) is 3.80. The molecule has 0 bridgehead atoms. The summed E-state index contributed by atoms with van der Waals surface area (Å²) >= 11 is 8.18. The number of pyridine rings is 1. The highest BCUT2D eigenvalue weighted by Gasteiger charge is 2.28. The number of anilines is 1. The van der Waals surface area contributed by atoms with Crippen molar-refractivity contribution >= 4 is 29.2 Å². The fraction of sp³-hybridized carbons (Fsp3) is 0.500. The van der Waals surface area contributed by atoms with Crippen molar-refractivity contribution in [1.82, 2.24) is 4.98 Å². The van der Waals surface area contributed by atoms with Crippen LogP contribution in [-0.2, 0) is 0 Å². The highest BCUT2D eigenvalue weighted by atomic mass is 35.5. The zero-order valence-corrected chi connectivity index (χ0v) is 11.4. The van der Waals surface area contributed by atoms with Crippen LogP contribution >= 0.6 is 23.4 Å². The number of thioether (sulfide) groups is 1. The van der Waals surface area contributed by atoms with E-state index in [-0.39, 0.29) is 0 Å². The Morgan fingerprint density at radius 3 is 3.06 bits per heavy atom. The summed E-state index contributed by atoms with van der Waals surface area (Å²) in [5, 5.41) is 10.00. The Labute approximate surface area is 111 Å². The molecule has 0 amide bonds. The van der Waals surface area contributed by atoms with Gasteiger partial charge in [0, 0.05) is 29.8 Å². The summed E-state index contributed by atoms with van der Waals surface area (Å²) in [7, 11) is 0. The molecule has 0 N–H and O–H groups in total. The molecule has 90 valence electrons. The third kappa shape index (κ3) is 2.36.